The lowest BCUT2D eigenvalue weighted by atomic mass is 9.50. The van der Waals surface area contributed by atoms with Crippen LogP contribution < -0.4 is 10.7 Å². The summed E-state index contributed by atoms with van der Waals surface area (Å²) in [7, 11) is 0. The van der Waals surface area contributed by atoms with Crippen molar-refractivity contribution in [3.05, 3.63) is 46.5 Å². The van der Waals surface area contributed by atoms with Gasteiger partial charge in [0.25, 0.3) is 6.17 Å². The summed E-state index contributed by atoms with van der Waals surface area (Å²) in [4.78, 5) is 13.0. The fourth-order valence-corrected chi connectivity index (χ4v) is 5.31. The van der Waals surface area contributed by atoms with Gasteiger partial charge in [0.15, 0.2) is 12.1 Å². The van der Waals surface area contributed by atoms with Gasteiger partial charge in [-0.05, 0) is 31.6 Å². The third-order valence-electron chi connectivity index (χ3n) is 6.12. The van der Waals surface area contributed by atoms with E-state index in [1.54, 1.807) is 0 Å². The number of nitrogens with two attached hydrogens (primary N) is 1. The largest absolute Gasteiger partial charge is 0.383 e. The summed E-state index contributed by atoms with van der Waals surface area (Å²) in [5.74, 6) is 2.24. The van der Waals surface area contributed by atoms with Crippen LogP contribution in [-0.4, -0.2) is 24.1 Å². The number of fused-ring (bicyclic) bond motifs is 1. The van der Waals surface area contributed by atoms with Crippen molar-refractivity contribution in [3.8, 4) is 0 Å². The molecule has 3 N–H and O–H groups in total. The monoisotopic (exact) mass is 319 g/mol. The molecule has 2 bridgehead atoms. The molecular formula is C20H23N4+. The molecule has 2 aliphatic heterocycles. The molecule has 1 atom stereocenters. The molecule has 3 aliphatic carbocycles. The molecule has 1 saturated carbocycles. The van der Waals surface area contributed by atoms with Crippen molar-refractivity contribution in [1.29, 1.82) is 0 Å². The van der Waals surface area contributed by atoms with Crippen LogP contribution in [0.15, 0.2) is 45.4 Å². The zero-order chi connectivity index (χ0) is 16.3. The second-order valence-corrected chi connectivity index (χ2v) is 7.66. The number of rotatable bonds is 3. The minimum absolute atomic E-state index is 0.0329. The molecule has 0 radical (unpaired) electrons. The number of nitrogens with one attached hydrogen (secondary N) is 1. The van der Waals surface area contributed by atoms with Gasteiger partial charge in [0.05, 0.1) is 0 Å². The van der Waals surface area contributed by atoms with Gasteiger partial charge < -0.3 is 5.73 Å². The van der Waals surface area contributed by atoms with E-state index in [1.165, 1.54) is 43.3 Å². The highest BCUT2D eigenvalue weighted by atomic mass is 15.1. The Hall–Kier alpha value is -2.23. The highest BCUT2D eigenvalue weighted by molar-refractivity contribution is 6.21. The van der Waals surface area contributed by atoms with Crippen molar-refractivity contribution in [1.82, 2.24) is 0 Å². The van der Waals surface area contributed by atoms with Crippen molar-refractivity contribution in [2.75, 3.05) is 0 Å². The van der Waals surface area contributed by atoms with Crippen LogP contribution in [0, 0.1) is 11.3 Å². The van der Waals surface area contributed by atoms with E-state index in [0.717, 1.165) is 22.9 Å². The van der Waals surface area contributed by atoms with Gasteiger partial charge in [0, 0.05) is 27.7 Å². The average molecular weight is 319 g/mol. The molecule has 0 amide bonds. The molecule has 1 aromatic rings. The first-order valence-corrected chi connectivity index (χ1v) is 9.05. The zero-order valence-corrected chi connectivity index (χ0v) is 14.0. The lowest BCUT2D eigenvalue weighted by Gasteiger charge is -2.53. The summed E-state index contributed by atoms with van der Waals surface area (Å²) in [6.45, 7) is 2.29. The Morgan fingerprint density at radius 1 is 1.29 bits per heavy atom. The molecule has 0 saturated heterocycles. The van der Waals surface area contributed by atoms with Crippen LogP contribution in [0.2, 0.25) is 0 Å². The fourth-order valence-electron chi connectivity index (χ4n) is 5.31. The molecule has 1 fully saturated rings. The van der Waals surface area contributed by atoms with Gasteiger partial charge in [0.1, 0.15) is 5.84 Å². The van der Waals surface area contributed by atoms with Gasteiger partial charge in [0.2, 0.25) is 0 Å². The summed E-state index contributed by atoms with van der Waals surface area (Å²) in [5.41, 5.74) is 11.6. The fraction of sp³-hybridized carbons (Fsp3) is 0.450. The number of hydrogen-bond donors (Lipinski definition) is 2. The molecule has 0 aromatic heterocycles. The van der Waals surface area contributed by atoms with Crippen LogP contribution >= 0.6 is 0 Å². The number of allylic oxidation sites excluding steroid dienone is 1. The van der Waals surface area contributed by atoms with Gasteiger partial charge in [-0.1, -0.05) is 37.6 Å². The third-order valence-corrected chi connectivity index (χ3v) is 6.12. The summed E-state index contributed by atoms with van der Waals surface area (Å²) in [5, 5.41) is 0. The van der Waals surface area contributed by atoms with Crippen molar-refractivity contribution in [3.63, 3.8) is 0 Å². The van der Waals surface area contributed by atoms with E-state index in [9.17, 15) is 0 Å². The molecule has 122 valence electrons. The van der Waals surface area contributed by atoms with Crippen LogP contribution in [0.4, 0.5) is 0 Å². The standard InChI is InChI=1S/C20H22N4/c1-2-7-20-9-12(10-20)8-13-11-22-19(16(13)20)24-18-15-6-4-3-5-14(15)17(21)23-18/h3-6,11-12,19H,2,7-10H2,1H3,(H2,21,23,24)/p+1. The lowest BCUT2D eigenvalue weighted by molar-refractivity contribution is -0.482. The van der Waals surface area contributed by atoms with E-state index in [-0.39, 0.29) is 6.17 Å². The summed E-state index contributed by atoms with van der Waals surface area (Å²) in [6.07, 6.45) is 8.66. The smallest absolute Gasteiger partial charge is 0.269 e. The van der Waals surface area contributed by atoms with Crippen LogP contribution in [0.25, 0.3) is 0 Å². The van der Waals surface area contributed by atoms with Gasteiger partial charge in [-0.2, -0.15) is 4.99 Å². The number of aliphatic imine (C=N–C) groups is 2. The topological polar surface area (TPSA) is 64.7 Å². The highest BCUT2D eigenvalue weighted by Crippen LogP contribution is 2.61. The predicted octanol–water partition coefficient (Wildman–Crippen LogP) is 1.54. The van der Waals surface area contributed by atoms with E-state index in [1.807, 2.05) is 18.2 Å². The van der Waals surface area contributed by atoms with Crippen molar-refractivity contribution in [2.24, 2.45) is 27.1 Å². The van der Waals surface area contributed by atoms with E-state index < -0.39 is 0 Å². The maximum atomic E-state index is 6.08. The number of amidine groups is 2. The second kappa shape index (κ2) is 4.88. The lowest BCUT2D eigenvalue weighted by Crippen LogP contribution is -2.74. The first kappa shape index (κ1) is 14.1. The summed E-state index contributed by atoms with van der Waals surface area (Å²) in [6, 6.07) is 8.11. The molecule has 4 heteroatoms. The Bertz CT molecular complexity index is 837. The second-order valence-electron chi connectivity index (χ2n) is 7.66. The molecule has 4 nitrogen and oxygen atoms in total. The van der Waals surface area contributed by atoms with Crippen LogP contribution in [0.1, 0.15) is 50.2 Å². The maximum Gasteiger partial charge on any atom is 0.269 e. The molecule has 24 heavy (non-hydrogen) atoms. The zero-order valence-electron chi connectivity index (χ0n) is 14.0. The predicted molar refractivity (Wildman–Crippen MR) is 96.2 cm³/mol. The van der Waals surface area contributed by atoms with Crippen molar-refractivity contribution < 1.29 is 4.99 Å². The van der Waals surface area contributed by atoms with Crippen LogP contribution in [0.3, 0.4) is 0 Å². The van der Waals surface area contributed by atoms with Gasteiger partial charge in [-0.3, -0.25) is 0 Å². The van der Waals surface area contributed by atoms with Crippen molar-refractivity contribution >= 4 is 17.9 Å². The minimum atomic E-state index is 0.0329. The Morgan fingerprint density at radius 2 is 2.08 bits per heavy atom. The first-order valence-electron chi connectivity index (χ1n) is 9.05. The van der Waals surface area contributed by atoms with Crippen molar-refractivity contribution in [2.45, 2.75) is 45.2 Å². The summed E-state index contributed by atoms with van der Waals surface area (Å²) < 4.78 is 0. The Morgan fingerprint density at radius 3 is 2.88 bits per heavy atom. The highest BCUT2D eigenvalue weighted by Gasteiger charge is 2.56. The normalized spacial score (nSPS) is 34.2. The average Bonchev–Trinajstić information content (AvgIpc) is 3.11. The number of nitrogens with zero attached hydrogens (tertiary/aromatic N) is 2. The Kier molecular flexibility index (Phi) is 2.88. The first-order chi connectivity index (χ1) is 11.7. The Labute approximate surface area is 142 Å². The Balaban J connectivity index is 1.55. The van der Waals surface area contributed by atoms with Crippen LogP contribution in [-0.2, 0) is 0 Å². The SMILES string of the molecule is CCCC12CC(CC3=C1C(N=C1N=C(N)c4ccccc41)[NH+]=C3)C2. The van der Waals surface area contributed by atoms with Gasteiger partial charge in [-0.25, -0.2) is 9.98 Å². The quantitative estimate of drug-likeness (QED) is 0.872. The minimum Gasteiger partial charge on any atom is -0.383 e. The van der Waals surface area contributed by atoms with Crippen LogP contribution in [0.5, 0.6) is 0 Å². The van der Waals surface area contributed by atoms with E-state index in [4.69, 9.17) is 10.7 Å². The molecular weight excluding hydrogens is 296 g/mol. The maximum absolute atomic E-state index is 6.08. The molecule has 1 aromatic carbocycles. The van der Waals surface area contributed by atoms with E-state index >= 15 is 0 Å². The summed E-state index contributed by atoms with van der Waals surface area (Å²) >= 11 is 0. The molecule has 5 aliphatic rings. The van der Waals surface area contributed by atoms with E-state index in [2.05, 4.69) is 29.2 Å². The molecule has 0 spiro atoms. The molecule has 6 rings (SSSR count). The van der Waals surface area contributed by atoms with Gasteiger partial charge in [-0.15, -0.1) is 0 Å². The molecule has 1 unspecified atom stereocenters. The molecule has 2 heterocycles. The number of hydrogen-bond acceptors (Lipinski definition) is 2. The van der Waals surface area contributed by atoms with Gasteiger partial charge >= 0.3 is 0 Å². The third kappa shape index (κ3) is 1.83. The number of benzene rings is 1. The van der Waals surface area contributed by atoms with E-state index in [0.29, 0.717) is 11.3 Å².